The number of rotatable bonds is 4. The molecule has 18 heavy (non-hydrogen) atoms. The van der Waals surface area contributed by atoms with Gasteiger partial charge in [0.2, 0.25) is 11.8 Å². The zero-order chi connectivity index (χ0) is 13.9. The summed E-state index contributed by atoms with van der Waals surface area (Å²) in [4.78, 5) is 22.7. The summed E-state index contributed by atoms with van der Waals surface area (Å²) in [5.74, 6) is -0.649. The molecular formula is C12H23N3O3. The first-order valence-corrected chi connectivity index (χ1v) is 6.20. The molecular weight excluding hydrogens is 234 g/mol. The number of hydrogen-bond acceptors (Lipinski definition) is 4. The summed E-state index contributed by atoms with van der Waals surface area (Å²) >= 11 is 0. The first kappa shape index (κ1) is 14.9. The molecule has 1 saturated heterocycles. The number of hydrogen-bond donors (Lipinski definition) is 3. The fourth-order valence-corrected chi connectivity index (χ4v) is 1.78. The molecule has 6 heteroatoms. The Labute approximate surface area is 107 Å². The lowest BCUT2D eigenvalue weighted by molar-refractivity contribution is -0.129. The van der Waals surface area contributed by atoms with Crippen LogP contribution in [-0.2, 0) is 14.3 Å². The van der Waals surface area contributed by atoms with Crippen molar-refractivity contribution in [2.75, 3.05) is 6.54 Å². The molecule has 1 fully saturated rings. The summed E-state index contributed by atoms with van der Waals surface area (Å²) in [5, 5.41) is 2.75. The van der Waals surface area contributed by atoms with Crippen LogP contribution in [0.15, 0.2) is 0 Å². The fourth-order valence-electron chi connectivity index (χ4n) is 1.78. The van der Waals surface area contributed by atoms with Gasteiger partial charge >= 0.3 is 0 Å². The summed E-state index contributed by atoms with van der Waals surface area (Å²) in [5.41, 5.74) is 10.7. The maximum absolute atomic E-state index is 11.8. The van der Waals surface area contributed by atoms with Crippen LogP contribution >= 0.6 is 0 Å². The third-order valence-corrected chi connectivity index (χ3v) is 3.14. The zero-order valence-corrected chi connectivity index (χ0v) is 11.2. The minimum atomic E-state index is -0.564. The van der Waals surface area contributed by atoms with Gasteiger partial charge in [0.05, 0.1) is 12.1 Å². The van der Waals surface area contributed by atoms with Gasteiger partial charge in [-0.3, -0.25) is 9.59 Å². The Hall–Kier alpha value is -1.14. The molecule has 0 saturated carbocycles. The van der Waals surface area contributed by atoms with E-state index in [0.717, 1.165) is 6.42 Å². The molecule has 3 atom stereocenters. The van der Waals surface area contributed by atoms with E-state index in [1.165, 1.54) is 0 Å². The van der Waals surface area contributed by atoms with Gasteiger partial charge in [0.1, 0.15) is 6.10 Å². The molecule has 1 aliphatic rings. The molecule has 0 aromatic heterocycles. The maximum Gasteiger partial charge on any atom is 0.246 e. The molecule has 2 unspecified atom stereocenters. The average Bonchev–Trinajstić information content (AvgIpc) is 2.72. The van der Waals surface area contributed by atoms with E-state index in [2.05, 4.69) is 5.32 Å². The SMILES string of the molecule is CC(C)(C)[C@H](N)C(=O)NCC1CCC(C(N)=O)O1. The van der Waals surface area contributed by atoms with E-state index in [0.29, 0.717) is 13.0 Å². The predicted octanol–water partition coefficient (Wildman–Crippen LogP) is -0.491. The molecule has 1 aliphatic heterocycles. The molecule has 5 N–H and O–H groups in total. The topological polar surface area (TPSA) is 107 Å². The van der Waals surface area contributed by atoms with Crippen molar-refractivity contribution in [3.05, 3.63) is 0 Å². The van der Waals surface area contributed by atoms with Crippen LogP contribution in [0.5, 0.6) is 0 Å². The van der Waals surface area contributed by atoms with Gasteiger partial charge in [0.15, 0.2) is 0 Å². The third-order valence-electron chi connectivity index (χ3n) is 3.14. The number of carbonyl (C=O) groups is 2. The molecule has 0 bridgehead atoms. The molecule has 2 amide bonds. The molecule has 0 aromatic carbocycles. The van der Waals surface area contributed by atoms with Crippen molar-refractivity contribution < 1.29 is 14.3 Å². The first-order chi connectivity index (χ1) is 8.21. The van der Waals surface area contributed by atoms with Gasteiger partial charge < -0.3 is 21.5 Å². The molecule has 6 nitrogen and oxygen atoms in total. The largest absolute Gasteiger partial charge is 0.367 e. The van der Waals surface area contributed by atoms with Crippen LogP contribution in [0.2, 0.25) is 0 Å². The highest BCUT2D eigenvalue weighted by Crippen LogP contribution is 2.20. The Morgan fingerprint density at radius 2 is 2.00 bits per heavy atom. The van der Waals surface area contributed by atoms with Crippen molar-refractivity contribution in [2.45, 2.75) is 51.9 Å². The highest BCUT2D eigenvalue weighted by Gasteiger charge is 2.31. The fraction of sp³-hybridized carbons (Fsp3) is 0.833. The van der Waals surface area contributed by atoms with Crippen molar-refractivity contribution in [3.8, 4) is 0 Å². The van der Waals surface area contributed by atoms with Gasteiger partial charge in [-0.05, 0) is 18.3 Å². The molecule has 1 heterocycles. The molecule has 0 radical (unpaired) electrons. The lowest BCUT2D eigenvalue weighted by atomic mass is 9.87. The van der Waals surface area contributed by atoms with E-state index in [9.17, 15) is 9.59 Å². The Balaban J connectivity index is 2.34. The van der Waals surface area contributed by atoms with Crippen molar-refractivity contribution in [1.82, 2.24) is 5.32 Å². The van der Waals surface area contributed by atoms with Gasteiger partial charge in [-0.25, -0.2) is 0 Å². The second-order valence-electron chi connectivity index (χ2n) is 5.82. The number of ether oxygens (including phenoxy) is 1. The standard InChI is InChI=1S/C12H23N3O3/c1-12(2,3)9(13)11(17)15-6-7-4-5-8(18-7)10(14)16/h7-9H,4-6,13H2,1-3H3,(H2,14,16)(H,15,17)/t7?,8?,9-/m1/s1. The highest BCUT2D eigenvalue weighted by atomic mass is 16.5. The van der Waals surface area contributed by atoms with E-state index >= 15 is 0 Å². The van der Waals surface area contributed by atoms with E-state index in [1.54, 1.807) is 0 Å². The summed E-state index contributed by atoms with van der Waals surface area (Å²) < 4.78 is 5.41. The summed E-state index contributed by atoms with van der Waals surface area (Å²) in [6, 6.07) is -0.564. The van der Waals surface area contributed by atoms with Crippen molar-refractivity contribution in [3.63, 3.8) is 0 Å². The van der Waals surface area contributed by atoms with Gasteiger partial charge in [-0.15, -0.1) is 0 Å². The molecule has 1 rings (SSSR count). The normalized spacial score (nSPS) is 25.8. The number of nitrogens with two attached hydrogens (primary N) is 2. The van der Waals surface area contributed by atoms with E-state index < -0.39 is 18.1 Å². The van der Waals surface area contributed by atoms with E-state index in [1.807, 2.05) is 20.8 Å². The highest BCUT2D eigenvalue weighted by molar-refractivity contribution is 5.82. The van der Waals surface area contributed by atoms with Crippen molar-refractivity contribution in [2.24, 2.45) is 16.9 Å². The van der Waals surface area contributed by atoms with Crippen LogP contribution in [0, 0.1) is 5.41 Å². The smallest absolute Gasteiger partial charge is 0.246 e. The minimum absolute atomic E-state index is 0.154. The van der Waals surface area contributed by atoms with E-state index in [-0.39, 0.29) is 17.4 Å². The molecule has 0 spiro atoms. The maximum atomic E-state index is 11.8. The summed E-state index contributed by atoms with van der Waals surface area (Å²) in [6.45, 7) is 6.09. The van der Waals surface area contributed by atoms with Crippen LogP contribution in [-0.4, -0.2) is 36.6 Å². The third kappa shape index (κ3) is 3.96. The van der Waals surface area contributed by atoms with Crippen LogP contribution in [0.4, 0.5) is 0 Å². The Kier molecular flexibility index (Phi) is 4.70. The number of carbonyl (C=O) groups excluding carboxylic acids is 2. The molecule has 104 valence electrons. The second-order valence-corrected chi connectivity index (χ2v) is 5.82. The van der Waals surface area contributed by atoms with Crippen molar-refractivity contribution in [1.29, 1.82) is 0 Å². The minimum Gasteiger partial charge on any atom is -0.367 e. The first-order valence-electron chi connectivity index (χ1n) is 6.20. The second kappa shape index (κ2) is 5.67. The van der Waals surface area contributed by atoms with Gasteiger partial charge in [-0.2, -0.15) is 0 Å². The number of nitrogens with one attached hydrogen (secondary N) is 1. The quantitative estimate of drug-likeness (QED) is 0.631. The van der Waals surface area contributed by atoms with Crippen LogP contribution in [0.1, 0.15) is 33.6 Å². The van der Waals surface area contributed by atoms with Gasteiger partial charge in [0, 0.05) is 6.54 Å². The Bertz CT molecular complexity index is 325. The predicted molar refractivity (Wildman–Crippen MR) is 67.5 cm³/mol. The lowest BCUT2D eigenvalue weighted by Gasteiger charge is -2.26. The summed E-state index contributed by atoms with van der Waals surface area (Å²) in [6.07, 6.45) is 0.654. The molecule has 0 aliphatic carbocycles. The van der Waals surface area contributed by atoms with Gasteiger partial charge in [0.25, 0.3) is 0 Å². The lowest BCUT2D eigenvalue weighted by Crippen LogP contribution is -2.50. The molecule has 0 aromatic rings. The summed E-state index contributed by atoms with van der Waals surface area (Å²) in [7, 11) is 0. The average molecular weight is 257 g/mol. The number of amides is 2. The van der Waals surface area contributed by atoms with Crippen LogP contribution in [0.3, 0.4) is 0 Å². The van der Waals surface area contributed by atoms with Crippen LogP contribution in [0.25, 0.3) is 0 Å². The monoisotopic (exact) mass is 257 g/mol. The van der Waals surface area contributed by atoms with Gasteiger partial charge in [-0.1, -0.05) is 20.8 Å². The van der Waals surface area contributed by atoms with Crippen molar-refractivity contribution >= 4 is 11.8 Å². The Morgan fingerprint density at radius 1 is 1.39 bits per heavy atom. The van der Waals surface area contributed by atoms with E-state index in [4.69, 9.17) is 16.2 Å². The zero-order valence-electron chi connectivity index (χ0n) is 11.2. The van der Waals surface area contributed by atoms with Crippen LogP contribution < -0.4 is 16.8 Å². The number of primary amides is 1. The Morgan fingerprint density at radius 3 is 2.44 bits per heavy atom.